The SMILES string of the molecule is CCc1cnn2c(NCc3ccc(N(C)CC4CCN(C(=O)OC(C)(C)C)CC4)nc3)cc(Cl)nc12. The first-order valence-corrected chi connectivity index (χ1v) is 12.9. The van der Waals surface area contributed by atoms with Gasteiger partial charge in [0.05, 0.1) is 6.20 Å². The highest BCUT2D eigenvalue weighted by atomic mass is 35.5. The summed E-state index contributed by atoms with van der Waals surface area (Å²) in [6, 6.07) is 5.91. The third kappa shape index (κ3) is 6.37. The third-order valence-electron chi connectivity index (χ3n) is 6.37. The normalized spacial score (nSPS) is 14.8. The van der Waals surface area contributed by atoms with Crippen LogP contribution < -0.4 is 10.2 Å². The molecule has 1 saturated heterocycles. The molecule has 36 heavy (non-hydrogen) atoms. The molecule has 0 unspecified atom stereocenters. The lowest BCUT2D eigenvalue weighted by Crippen LogP contribution is -2.43. The van der Waals surface area contributed by atoms with Crippen LogP contribution in [-0.4, -0.2) is 62.9 Å². The van der Waals surface area contributed by atoms with Crippen molar-refractivity contribution < 1.29 is 9.53 Å². The molecule has 0 atom stereocenters. The van der Waals surface area contributed by atoms with Crippen LogP contribution in [0.5, 0.6) is 0 Å². The fraction of sp³-hybridized carbons (Fsp3) is 0.538. The summed E-state index contributed by atoms with van der Waals surface area (Å²) in [7, 11) is 2.07. The molecule has 1 N–H and O–H groups in total. The molecule has 194 valence electrons. The summed E-state index contributed by atoms with van der Waals surface area (Å²) in [5.41, 5.74) is 2.43. The van der Waals surface area contributed by atoms with Crippen LogP contribution in [0.3, 0.4) is 0 Å². The van der Waals surface area contributed by atoms with Gasteiger partial charge in [0.1, 0.15) is 22.4 Å². The van der Waals surface area contributed by atoms with E-state index in [2.05, 4.69) is 45.3 Å². The van der Waals surface area contributed by atoms with E-state index >= 15 is 0 Å². The number of ether oxygens (including phenoxy) is 1. The Morgan fingerprint density at radius 1 is 1.25 bits per heavy atom. The quantitative estimate of drug-likeness (QED) is 0.443. The van der Waals surface area contributed by atoms with Crippen molar-refractivity contribution in [2.24, 2.45) is 5.92 Å². The molecule has 0 aromatic carbocycles. The Hall–Kier alpha value is -3.07. The number of halogens is 1. The number of nitrogens with one attached hydrogen (secondary N) is 1. The molecule has 1 amide bonds. The zero-order valence-electron chi connectivity index (χ0n) is 21.8. The lowest BCUT2D eigenvalue weighted by atomic mass is 9.96. The fourth-order valence-corrected chi connectivity index (χ4v) is 4.58. The van der Waals surface area contributed by atoms with E-state index in [1.807, 2.05) is 44.1 Å². The zero-order chi connectivity index (χ0) is 25.9. The van der Waals surface area contributed by atoms with Crippen molar-refractivity contribution in [1.82, 2.24) is 24.5 Å². The van der Waals surface area contributed by atoms with Crippen LogP contribution in [0.15, 0.2) is 30.6 Å². The van der Waals surface area contributed by atoms with Crippen molar-refractivity contribution in [3.8, 4) is 0 Å². The Balaban J connectivity index is 1.29. The molecule has 0 spiro atoms. The fourth-order valence-electron chi connectivity index (χ4n) is 4.40. The van der Waals surface area contributed by atoms with Gasteiger partial charge in [-0.3, -0.25) is 0 Å². The van der Waals surface area contributed by atoms with Crippen molar-refractivity contribution in [2.75, 3.05) is 36.9 Å². The number of fused-ring (bicyclic) bond motifs is 1. The second-order valence-corrected chi connectivity index (χ2v) is 10.8. The molecule has 0 aliphatic carbocycles. The van der Waals surface area contributed by atoms with E-state index in [-0.39, 0.29) is 6.09 Å². The molecule has 1 aliphatic heterocycles. The maximum atomic E-state index is 12.3. The summed E-state index contributed by atoms with van der Waals surface area (Å²) in [5.74, 6) is 2.24. The molecule has 3 aromatic heterocycles. The number of aryl methyl sites for hydroxylation is 1. The molecule has 0 radical (unpaired) electrons. The number of rotatable bonds is 7. The first-order chi connectivity index (χ1) is 17.1. The van der Waals surface area contributed by atoms with Crippen molar-refractivity contribution in [3.05, 3.63) is 46.9 Å². The van der Waals surface area contributed by atoms with E-state index in [1.165, 1.54) is 0 Å². The molecule has 4 heterocycles. The molecule has 1 aliphatic rings. The summed E-state index contributed by atoms with van der Waals surface area (Å²) in [6.07, 6.45) is 6.27. The van der Waals surface area contributed by atoms with Gasteiger partial charge in [0.2, 0.25) is 0 Å². The average molecular weight is 514 g/mol. The molecule has 10 heteroatoms. The van der Waals surface area contributed by atoms with Crippen LogP contribution >= 0.6 is 11.6 Å². The van der Waals surface area contributed by atoms with Crippen molar-refractivity contribution in [1.29, 1.82) is 0 Å². The number of hydrogen-bond donors (Lipinski definition) is 1. The first kappa shape index (κ1) is 26.0. The van der Waals surface area contributed by atoms with E-state index in [0.29, 0.717) is 17.6 Å². The summed E-state index contributed by atoms with van der Waals surface area (Å²) >= 11 is 6.24. The van der Waals surface area contributed by atoms with Gasteiger partial charge >= 0.3 is 6.09 Å². The van der Waals surface area contributed by atoms with Gasteiger partial charge < -0.3 is 19.9 Å². The van der Waals surface area contributed by atoms with E-state index in [1.54, 1.807) is 10.6 Å². The van der Waals surface area contributed by atoms with Gasteiger partial charge in [-0.25, -0.2) is 14.8 Å². The molecule has 0 saturated carbocycles. The van der Waals surface area contributed by atoms with Crippen LogP contribution in [0.4, 0.5) is 16.4 Å². The second kappa shape index (κ2) is 10.9. The number of aromatic nitrogens is 4. The summed E-state index contributed by atoms with van der Waals surface area (Å²) in [5, 5.41) is 8.29. The Morgan fingerprint density at radius 3 is 2.64 bits per heavy atom. The number of piperidine rings is 1. The number of nitrogens with zero attached hydrogens (tertiary/aromatic N) is 6. The molecule has 4 rings (SSSR count). The smallest absolute Gasteiger partial charge is 0.410 e. The number of amides is 1. The Morgan fingerprint density at radius 2 is 2.00 bits per heavy atom. The van der Waals surface area contributed by atoms with E-state index in [9.17, 15) is 4.79 Å². The molecular formula is C26H36ClN7O2. The highest BCUT2D eigenvalue weighted by molar-refractivity contribution is 6.29. The second-order valence-electron chi connectivity index (χ2n) is 10.4. The standard InChI is InChI=1S/C26H36ClN7O2/c1-6-20-16-30-34-23(13-21(27)31-24(20)34)29-15-19-7-8-22(28-14-19)32(5)17-18-9-11-33(12-10-18)25(35)36-26(2,3)4/h7-8,13-14,16,18,29H,6,9-12,15,17H2,1-5H3. The van der Waals surface area contributed by atoms with Crippen molar-refractivity contribution in [3.63, 3.8) is 0 Å². The predicted molar refractivity (Wildman–Crippen MR) is 143 cm³/mol. The number of carbonyl (C=O) groups excluding carboxylic acids is 1. The Kier molecular flexibility index (Phi) is 7.88. The van der Waals surface area contributed by atoms with E-state index < -0.39 is 5.60 Å². The molecule has 3 aromatic rings. The van der Waals surface area contributed by atoms with E-state index in [0.717, 1.165) is 67.3 Å². The van der Waals surface area contributed by atoms with Crippen LogP contribution in [0, 0.1) is 5.92 Å². The predicted octanol–water partition coefficient (Wildman–Crippen LogP) is 5.04. The van der Waals surface area contributed by atoms with Crippen LogP contribution in [0.2, 0.25) is 5.15 Å². The Bertz CT molecular complexity index is 1180. The first-order valence-electron chi connectivity index (χ1n) is 12.5. The average Bonchev–Trinajstić information content (AvgIpc) is 3.25. The lowest BCUT2D eigenvalue weighted by molar-refractivity contribution is 0.0186. The van der Waals surface area contributed by atoms with Gasteiger partial charge in [-0.2, -0.15) is 9.61 Å². The molecule has 0 bridgehead atoms. The number of anilines is 2. The zero-order valence-corrected chi connectivity index (χ0v) is 22.5. The van der Waals surface area contributed by atoms with Gasteiger partial charge in [0.15, 0.2) is 5.65 Å². The monoisotopic (exact) mass is 513 g/mol. The number of hydrogen-bond acceptors (Lipinski definition) is 7. The number of carbonyl (C=O) groups is 1. The highest BCUT2D eigenvalue weighted by Gasteiger charge is 2.27. The summed E-state index contributed by atoms with van der Waals surface area (Å²) in [6.45, 7) is 10.7. The maximum absolute atomic E-state index is 12.3. The third-order valence-corrected chi connectivity index (χ3v) is 6.56. The van der Waals surface area contributed by atoms with Crippen molar-refractivity contribution in [2.45, 2.75) is 59.1 Å². The highest BCUT2D eigenvalue weighted by Crippen LogP contribution is 2.23. The summed E-state index contributed by atoms with van der Waals surface area (Å²) < 4.78 is 7.29. The lowest BCUT2D eigenvalue weighted by Gasteiger charge is -2.35. The van der Waals surface area contributed by atoms with Crippen LogP contribution in [0.1, 0.15) is 51.7 Å². The van der Waals surface area contributed by atoms with Gasteiger partial charge in [-0.05, 0) is 57.6 Å². The molecular weight excluding hydrogens is 478 g/mol. The van der Waals surface area contributed by atoms with Crippen LogP contribution in [0.25, 0.3) is 5.65 Å². The van der Waals surface area contributed by atoms with Gasteiger partial charge in [0.25, 0.3) is 0 Å². The minimum absolute atomic E-state index is 0.215. The Labute approximate surface area is 217 Å². The minimum Gasteiger partial charge on any atom is -0.444 e. The molecule has 9 nitrogen and oxygen atoms in total. The summed E-state index contributed by atoms with van der Waals surface area (Å²) in [4.78, 5) is 25.4. The van der Waals surface area contributed by atoms with Gasteiger partial charge in [0, 0.05) is 51.1 Å². The number of likely N-dealkylation sites (tertiary alicyclic amines) is 1. The maximum Gasteiger partial charge on any atom is 0.410 e. The van der Waals surface area contributed by atoms with Gasteiger partial charge in [-0.15, -0.1) is 0 Å². The van der Waals surface area contributed by atoms with E-state index in [4.69, 9.17) is 16.3 Å². The number of pyridine rings is 1. The van der Waals surface area contributed by atoms with Gasteiger partial charge in [-0.1, -0.05) is 24.6 Å². The van der Waals surface area contributed by atoms with Crippen molar-refractivity contribution >= 4 is 35.0 Å². The molecule has 1 fully saturated rings. The largest absolute Gasteiger partial charge is 0.444 e. The van der Waals surface area contributed by atoms with Crippen LogP contribution in [-0.2, 0) is 17.7 Å². The topological polar surface area (TPSA) is 87.9 Å². The minimum atomic E-state index is -0.461.